The van der Waals surface area contributed by atoms with Crippen LogP contribution < -0.4 is 16.2 Å². The second-order valence-corrected chi connectivity index (χ2v) is 4.57. The number of anilines is 2. The SMILES string of the molecule is NNc1nc(N2CCC(C(F)(F)F)CC2)c(F)cc1F. The third-order valence-electron chi connectivity index (χ3n) is 3.31. The van der Waals surface area contributed by atoms with E-state index >= 15 is 0 Å². The van der Waals surface area contributed by atoms with E-state index in [4.69, 9.17) is 5.84 Å². The van der Waals surface area contributed by atoms with Crippen LogP contribution in [-0.2, 0) is 0 Å². The summed E-state index contributed by atoms with van der Waals surface area (Å²) in [6.45, 7) is 0.00742. The van der Waals surface area contributed by atoms with Crippen LogP contribution in [0.2, 0.25) is 0 Å². The smallest absolute Gasteiger partial charge is 0.354 e. The summed E-state index contributed by atoms with van der Waals surface area (Å²) in [7, 11) is 0. The fraction of sp³-hybridized carbons (Fsp3) is 0.545. The molecule has 1 fully saturated rings. The standard InChI is InChI=1S/C11H13F5N4/c12-7-5-8(13)10(18-9(7)19-17)20-3-1-6(2-4-20)11(14,15)16/h5-6H,1-4,17H2,(H,18,19). The molecule has 9 heteroatoms. The first-order valence-electron chi connectivity index (χ1n) is 5.97. The molecule has 0 amide bonds. The lowest BCUT2D eigenvalue weighted by molar-refractivity contribution is -0.179. The first-order valence-corrected chi connectivity index (χ1v) is 5.97. The van der Waals surface area contributed by atoms with Crippen LogP contribution >= 0.6 is 0 Å². The summed E-state index contributed by atoms with van der Waals surface area (Å²) in [6.07, 6.45) is -4.54. The first kappa shape index (κ1) is 14.8. The molecule has 0 saturated carbocycles. The van der Waals surface area contributed by atoms with Crippen LogP contribution in [0.3, 0.4) is 0 Å². The Hall–Kier alpha value is -1.64. The summed E-state index contributed by atoms with van der Waals surface area (Å²) in [5, 5.41) is 0. The quantitative estimate of drug-likeness (QED) is 0.500. The van der Waals surface area contributed by atoms with Crippen LogP contribution in [0.4, 0.5) is 33.6 Å². The molecule has 1 saturated heterocycles. The molecule has 2 rings (SSSR count). The summed E-state index contributed by atoms with van der Waals surface area (Å²) in [6, 6.07) is 0.605. The topological polar surface area (TPSA) is 54.2 Å². The largest absolute Gasteiger partial charge is 0.391 e. The lowest BCUT2D eigenvalue weighted by Crippen LogP contribution is -2.39. The van der Waals surface area contributed by atoms with Crippen LogP contribution in [0.5, 0.6) is 0 Å². The Kier molecular flexibility index (Phi) is 3.98. The Bertz CT molecular complexity index is 482. The van der Waals surface area contributed by atoms with E-state index in [2.05, 4.69) is 4.98 Å². The molecule has 1 aliphatic heterocycles. The normalized spacial score (nSPS) is 17.4. The van der Waals surface area contributed by atoms with Crippen molar-refractivity contribution in [3.63, 3.8) is 0 Å². The number of nitrogens with zero attached hydrogens (tertiary/aromatic N) is 2. The summed E-state index contributed by atoms with van der Waals surface area (Å²) >= 11 is 0. The van der Waals surface area contributed by atoms with Crippen molar-refractivity contribution in [2.45, 2.75) is 19.0 Å². The lowest BCUT2D eigenvalue weighted by atomic mass is 9.96. The average molecular weight is 296 g/mol. The van der Waals surface area contributed by atoms with Gasteiger partial charge < -0.3 is 10.3 Å². The molecule has 0 bridgehead atoms. The van der Waals surface area contributed by atoms with Gasteiger partial charge in [-0.1, -0.05) is 0 Å². The van der Waals surface area contributed by atoms with Crippen LogP contribution in [0.1, 0.15) is 12.8 Å². The Balaban J connectivity index is 2.15. The Morgan fingerprint density at radius 2 is 1.80 bits per heavy atom. The molecule has 1 aliphatic rings. The Morgan fingerprint density at radius 1 is 1.20 bits per heavy atom. The monoisotopic (exact) mass is 296 g/mol. The summed E-state index contributed by atoms with van der Waals surface area (Å²) in [4.78, 5) is 5.02. The van der Waals surface area contributed by atoms with Crippen molar-refractivity contribution in [3.05, 3.63) is 17.7 Å². The highest BCUT2D eigenvalue weighted by Crippen LogP contribution is 2.35. The number of hydrogen-bond donors (Lipinski definition) is 2. The predicted octanol–water partition coefficient (Wildman–Crippen LogP) is 2.42. The van der Waals surface area contributed by atoms with Gasteiger partial charge in [0.2, 0.25) is 0 Å². The van der Waals surface area contributed by atoms with E-state index in [0.717, 1.165) is 0 Å². The summed E-state index contributed by atoms with van der Waals surface area (Å²) in [5.74, 6) is 1.22. The molecule has 0 aliphatic carbocycles. The van der Waals surface area contributed by atoms with E-state index in [1.807, 2.05) is 5.43 Å². The van der Waals surface area contributed by atoms with E-state index in [1.165, 1.54) is 4.90 Å². The molecule has 1 aromatic rings. The highest BCUT2D eigenvalue weighted by atomic mass is 19.4. The van der Waals surface area contributed by atoms with Crippen LogP contribution in [0.25, 0.3) is 0 Å². The number of halogens is 5. The maximum absolute atomic E-state index is 13.6. The first-order chi connectivity index (χ1) is 9.32. The number of nitrogens with two attached hydrogens (primary N) is 1. The number of hydrazine groups is 1. The van der Waals surface area contributed by atoms with Crippen molar-refractivity contribution < 1.29 is 22.0 Å². The molecule has 2 heterocycles. The van der Waals surface area contributed by atoms with Crippen LogP contribution in [0.15, 0.2) is 6.07 Å². The molecule has 112 valence electrons. The zero-order valence-electron chi connectivity index (χ0n) is 10.3. The van der Waals surface area contributed by atoms with E-state index in [-0.39, 0.29) is 37.6 Å². The van der Waals surface area contributed by atoms with Crippen molar-refractivity contribution >= 4 is 11.6 Å². The van der Waals surface area contributed by atoms with Crippen molar-refractivity contribution in [2.75, 3.05) is 23.4 Å². The average Bonchev–Trinajstić information content (AvgIpc) is 2.38. The maximum atomic E-state index is 13.6. The number of aromatic nitrogens is 1. The van der Waals surface area contributed by atoms with Gasteiger partial charge in [0.25, 0.3) is 0 Å². The highest BCUT2D eigenvalue weighted by Gasteiger charge is 2.41. The molecule has 20 heavy (non-hydrogen) atoms. The summed E-state index contributed by atoms with van der Waals surface area (Å²) in [5.41, 5.74) is 1.98. The maximum Gasteiger partial charge on any atom is 0.391 e. The van der Waals surface area contributed by atoms with Gasteiger partial charge >= 0.3 is 6.18 Å². The zero-order chi connectivity index (χ0) is 14.9. The fourth-order valence-corrected chi connectivity index (χ4v) is 2.20. The number of nitrogens with one attached hydrogen (secondary N) is 1. The van der Waals surface area contributed by atoms with E-state index < -0.39 is 23.7 Å². The molecular weight excluding hydrogens is 283 g/mol. The van der Waals surface area contributed by atoms with Gasteiger partial charge in [-0.15, -0.1) is 0 Å². The second-order valence-electron chi connectivity index (χ2n) is 4.57. The molecule has 4 nitrogen and oxygen atoms in total. The van der Waals surface area contributed by atoms with Gasteiger partial charge in [-0.05, 0) is 12.8 Å². The minimum absolute atomic E-state index is 0.00371. The van der Waals surface area contributed by atoms with Crippen molar-refractivity contribution in [1.29, 1.82) is 0 Å². The molecule has 0 atom stereocenters. The van der Waals surface area contributed by atoms with Gasteiger partial charge in [0.15, 0.2) is 23.3 Å². The second kappa shape index (κ2) is 5.39. The minimum Gasteiger partial charge on any atom is -0.354 e. The van der Waals surface area contributed by atoms with Crippen LogP contribution in [-0.4, -0.2) is 24.2 Å². The lowest BCUT2D eigenvalue weighted by Gasteiger charge is -2.33. The van der Waals surface area contributed by atoms with Gasteiger partial charge in [0.05, 0.1) is 5.92 Å². The van der Waals surface area contributed by atoms with Crippen molar-refractivity contribution in [2.24, 2.45) is 11.8 Å². The number of rotatable bonds is 2. The number of nitrogen functional groups attached to an aromatic ring is 1. The van der Waals surface area contributed by atoms with Gasteiger partial charge in [0, 0.05) is 19.2 Å². The van der Waals surface area contributed by atoms with Crippen molar-refractivity contribution in [3.8, 4) is 0 Å². The molecule has 0 radical (unpaired) electrons. The highest BCUT2D eigenvalue weighted by molar-refractivity contribution is 5.49. The van der Waals surface area contributed by atoms with Crippen molar-refractivity contribution in [1.82, 2.24) is 4.98 Å². The summed E-state index contributed by atoms with van der Waals surface area (Å²) < 4.78 is 64.5. The number of piperidine rings is 1. The number of hydrogen-bond acceptors (Lipinski definition) is 4. The molecule has 0 unspecified atom stereocenters. The van der Waals surface area contributed by atoms with Gasteiger partial charge in [-0.25, -0.2) is 19.6 Å². The van der Waals surface area contributed by atoms with Gasteiger partial charge in [-0.2, -0.15) is 13.2 Å². The minimum atomic E-state index is -4.25. The van der Waals surface area contributed by atoms with Gasteiger partial charge in [0.1, 0.15) is 0 Å². The Labute approximate surface area is 111 Å². The Morgan fingerprint density at radius 3 is 2.30 bits per heavy atom. The fourth-order valence-electron chi connectivity index (χ4n) is 2.20. The number of pyridine rings is 1. The van der Waals surface area contributed by atoms with E-state index in [1.54, 1.807) is 0 Å². The molecule has 0 aromatic carbocycles. The zero-order valence-corrected chi connectivity index (χ0v) is 10.3. The molecule has 0 spiro atoms. The van der Waals surface area contributed by atoms with E-state index in [0.29, 0.717) is 6.07 Å². The third-order valence-corrected chi connectivity index (χ3v) is 3.31. The van der Waals surface area contributed by atoms with Crippen LogP contribution in [0, 0.1) is 17.6 Å². The predicted molar refractivity (Wildman–Crippen MR) is 63.0 cm³/mol. The van der Waals surface area contributed by atoms with E-state index in [9.17, 15) is 22.0 Å². The molecule has 1 aromatic heterocycles. The third kappa shape index (κ3) is 2.92. The molecular formula is C11H13F5N4. The number of alkyl halides is 3. The molecule has 3 N–H and O–H groups in total. The van der Waals surface area contributed by atoms with Gasteiger partial charge in [-0.3, -0.25) is 0 Å².